The first-order valence-corrected chi connectivity index (χ1v) is 4.71. The number of carbonyl (C=O) groups excluding carboxylic acids is 1. The standard InChI is InChI=1S/C10H19NO2/c1-3-6-9(2)11-10(13)7-4-5-8-12/h3,9,12H,1,4-8H2,2H3,(H,11,13). The second-order valence-corrected chi connectivity index (χ2v) is 3.17. The van der Waals surface area contributed by atoms with Crippen molar-refractivity contribution in [2.45, 2.75) is 38.6 Å². The molecule has 0 aromatic rings. The molecule has 1 amide bonds. The lowest BCUT2D eigenvalue weighted by Gasteiger charge is -2.10. The molecule has 0 rings (SSSR count). The van der Waals surface area contributed by atoms with Crippen LogP contribution in [0.1, 0.15) is 32.6 Å². The van der Waals surface area contributed by atoms with Crippen molar-refractivity contribution in [3.05, 3.63) is 12.7 Å². The van der Waals surface area contributed by atoms with Gasteiger partial charge in [-0.25, -0.2) is 0 Å². The van der Waals surface area contributed by atoms with Crippen LogP contribution in [0.3, 0.4) is 0 Å². The van der Waals surface area contributed by atoms with Gasteiger partial charge < -0.3 is 10.4 Å². The highest BCUT2D eigenvalue weighted by molar-refractivity contribution is 5.76. The number of aliphatic hydroxyl groups is 1. The first-order chi connectivity index (χ1) is 6.20. The highest BCUT2D eigenvalue weighted by Crippen LogP contribution is 1.96. The molecule has 0 bridgehead atoms. The van der Waals surface area contributed by atoms with Gasteiger partial charge in [0.1, 0.15) is 0 Å². The van der Waals surface area contributed by atoms with E-state index in [4.69, 9.17) is 5.11 Å². The minimum absolute atomic E-state index is 0.0581. The van der Waals surface area contributed by atoms with Crippen molar-refractivity contribution in [1.29, 1.82) is 0 Å². The molecule has 3 heteroatoms. The largest absolute Gasteiger partial charge is 0.396 e. The Hall–Kier alpha value is -0.830. The zero-order valence-corrected chi connectivity index (χ0v) is 8.25. The Morgan fingerprint density at radius 3 is 2.85 bits per heavy atom. The summed E-state index contributed by atoms with van der Waals surface area (Å²) in [5.41, 5.74) is 0. The molecule has 0 aliphatic heterocycles. The summed E-state index contributed by atoms with van der Waals surface area (Å²) < 4.78 is 0. The Kier molecular flexibility index (Phi) is 7.30. The van der Waals surface area contributed by atoms with E-state index in [-0.39, 0.29) is 18.6 Å². The molecule has 0 radical (unpaired) electrons. The Bertz CT molecular complexity index is 157. The SMILES string of the molecule is C=CCC(C)NC(=O)CCCCO. The van der Waals surface area contributed by atoms with E-state index in [0.29, 0.717) is 12.8 Å². The fraction of sp³-hybridized carbons (Fsp3) is 0.700. The van der Waals surface area contributed by atoms with Crippen LogP contribution in [-0.4, -0.2) is 23.7 Å². The van der Waals surface area contributed by atoms with E-state index in [9.17, 15) is 4.79 Å². The van der Waals surface area contributed by atoms with Gasteiger partial charge in [0.2, 0.25) is 5.91 Å². The summed E-state index contributed by atoms with van der Waals surface area (Å²) in [7, 11) is 0. The van der Waals surface area contributed by atoms with Crippen molar-refractivity contribution < 1.29 is 9.90 Å². The van der Waals surface area contributed by atoms with Crippen LogP contribution in [-0.2, 0) is 4.79 Å². The maximum Gasteiger partial charge on any atom is 0.220 e. The molecule has 0 heterocycles. The second kappa shape index (κ2) is 7.80. The minimum Gasteiger partial charge on any atom is -0.396 e. The van der Waals surface area contributed by atoms with Crippen molar-refractivity contribution in [1.82, 2.24) is 5.32 Å². The van der Waals surface area contributed by atoms with Crippen LogP contribution in [0.2, 0.25) is 0 Å². The predicted octanol–water partition coefficient (Wildman–Crippen LogP) is 1.23. The Morgan fingerprint density at radius 2 is 2.31 bits per heavy atom. The molecule has 0 spiro atoms. The first-order valence-electron chi connectivity index (χ1n) is 4.71. The van der Waals surface area contributed by atoms with Crippen LogP contribution in [0.4, 0.5) is 0 Å². The van der Waals surface area contributed by atoms with Gasteiger partial charge in [-0.2, -0.15) is 0 Å². The molecule has 0 aliphatic rings. The summed E-state index contributed by atoms with van der Waals surface area (Å²) in [6, 6.07) is 0.166. The van der Waals surface area contributed by atoms with Crippen molar-refractivity contribution in [3.63, 3.8) is 0 Å². The zero-order valence-electron chi connectivity index (χ0n) is 8.25. The normalized spacial score (nSPS) is 12.2. The van der Waals surface area contributed by atoms with Crippen molar-refractivity contribution in [2.24, 2.45) is 0 Å². The quantitative estimate of drug-likeness (QED) is 0.463. The average Bonchev–Trinajstić information content (AvgIpc) is 2.05. The molecule has 3 nitrogen and oxygen atoms in total. The third kappa shape index (κ3) is 7.53. The lowest BCUT2D eigenvalue weighted by molar-refractivity contribution is -0.121. The van der Waals surface area contributed by atoms with Crippen molar-refractivity contribution in [2.75, 3.05) is 6.61 Å². The monoisotopic (exact) mass is 185 g/mol. The van der Waals surface area contributed by atoms with Gasteiger partial charge in [0.05, 0.1) is 0 Å². The number of aliphatic hydroxyl groups excluding tert-OH is 1. The van der Waals surface area contributed by atoms with Crippen LogP contribution in [0.25, 0.3) is 0 Å². The molecule has 0 saturated carbocycles. The number of amides is 1. The topological polar surface area (TPSA) is 49.3 Å². The smallest absolute Gasteiger partial charge is 0.220 e. The fourth-order valence-corrected chi connectivity index (χ4v) is 1.05. The summed E-state index contributed by atoms with van der Waals surface area (Å²) >= 11 is 0. The van der Waals surface area contributed by atoms with Gasteiger partial charge in [0, 0.05) is 19.1 Å². The van der Waals surface area contributed by atoms with Crippen LogP contribution in [0.15, 0.2) is 12.7 Å². The van der Waals surface area contributed by atoms with Gasteiger partial charge in [0.15, 0.2) is 0 Å². The van der Waals surface area contributed by atoms with Gasteiger partial charge in [-0.3, -0.25) is 4.79 Å². The van der Waals surface area contributed by atoms with Gasteiger partial charge in [0.25, 0.3) is 0 Å². The summed E-state index contributed by atoms with van der Waals surface area (Å²) in [5, 5.41) is 11.3. The van der Waals surface area contributed by atoms with E-state index in [1.54, 1.807) is 6.08 Å². The highest BCUT2D eigenvalue weighted by atomic mass is 16.2. The molecule has 13 heavy (non-hydrogen) atoms. The molecule has 1 unspecified atom stereocenters. The third-order valence-corrected chi connectivity index (χ3v) is 1.74. The molecule has 0 fully saturated rings. The Labute approximate surface area is 79.8 Å². The molecule has 1 atom stereocenters. The average molecular weight is 185 g/mol. The second-order valence-electron chi connectivity index (χ2n) is 3.17. The predicted molar refractivity (Wildman–Crippen MR) is 53.4 cm³/mol. The van der Waals surface area contributed by atoms with E-state index in [2.05, 4.69) is 11.9 Å². The maximum absolute atomic E-state index is 11.2. The fourth-order valence-electron chi connectivity index (χ4n) is 1.05. The lowest BCUT2D eigenvalue weighted by atomic mass is 10.2. The first kappa shape index (κ1) is 12.2. The summed E-state index contributed by atoms with van der Waals surface area (Å²) in [4.78, 5) is 11.2. The minimum atomic E-state index is 0.0581. The summed E-state index contributed by atoms with van der Waals surface area (Å²) in [5.74, 6) is 0.0581. The van der Waals surface area contributed by atoms with Crippen molar-refractivity contribution >= 4 is 5.91 Å². The van der Waals surface area contributed by atoms with Crippen molar-refractivity contribution in [3.8, 4) is 0 Å². The Balaban J connectivity index is 3.43. The van der Waals surface area contributed by atoms with E-state index in [1.165, 1.54) is 0 Å². The number of unbranched alkanes of at least 4 members (excludes halogenated alkanes) is 1. The lowest BCUT2D eigenvalue weighted by Crippen LogP contribution is -2.31. The van der Waals surface area contributed by atoms with E-state index in [1.807, 2.05) is 6.92 Å². The van der Waals surface area contributed by atoms with Gasteiger partial charge >= 0.3 is 0 Å². The number of rotatable bonds is 7. The van der Waals surface area contributed by atoms with E-state index >= 15 is 0 Å². The maximum atomic E-state index is 11.2. The summed E-state index contributed by atoms with van der Waals surface area (Å²) in [6.45, 7) is 5.71. The van der Waals surface area contributed by atoms with Crippen LogP contribution >= 0.6 is 0 Å². The number of hydrogen-bond acceptors (Lipinski definition) is 2. The highest BCUT2D eigenvalue weighted by Gasteiger charge is 2.04. The van der Waals surface area contributed by atoms with Crippen LogP contribution in [0.5, 0.6) is 0 Å². The van der Waals surface area contributed by atoms with Crippen LogP contribution < -0.4 is 5.32 Å². The molecule has 2 N–H and O–H groups in total. The number of hydrogen-bond donors (Lipinski definition) is 2. The zero-order chi connectivity index (χ0) is 10.1. The van der Waals surface area contributed by atoms with Gasteiger partial charge in [-0.15, -0.1) is 6.58 Å². The molecule has 0 aromatic heterocycles. The number of nitrogens with one attached hydrogen (secondary N) is 1. The van der Waals surface area contributed by atoms with Crippen LogP contribution in [0, 0.1) is 0 Å². The summed E-state index contributed by atoms with van der Waals surface area (Å²) in [6.07, 6.45) is 4.54. The number of carbonyl (C=O) groups is 1. The molecular weight excluding hydrogens is 166 g/mol. The molecular formula is C10H19NO2. The Morgan fingerprint density at radius 1 is 1.62 bits per heavy atom. The molecule has 0 aliphatic carbocycles. The third-order valence-electron chi connectivity index (χ3n) is 1.74. The molecule has 0 aromatic carbocycles. The van der Waals surface area contributed by atoms with E-state index in [0.717, 1.165) is 12.8 Å². The molecule has 0 saturated heterocycles. The van der Waals surface area contributed by atoms with E-state index < -0.39 is 0 Å². The van der Waals surface area contributed by atoms with Gasteiger partial charge in [-0.1, -0.05) is 6.08 Å². The van der Waals surface area contributed by atoms with Gasteiger partial charge in [-0.05, 0) is 26.2 Å². The molecule has 76 valence electrons.